The highest BCUT2D eigenvalue weighted by molar-refractivity contribution is 7.89. The van der Waals surface area contributed by atoms with E-state index in [9.17, 15) is 8.42 Å². The average molecular weight is 301 g/mol. The first kappa shape index (κ1) is 14.0. The van der Waals surface area contributed by atoms with Gasteiger partial charge in [-0.2, -0.15) is 0 Å². The molecule has 0 spiro atoms. The molecule has 0 amide bonds. The quantitative estimate of drug-likeness (QED) is 0.882. The molecule has 2 heterocycles. The SMILES string of the molecule is CCC(NS(=O)(=O)c1cnccc1Cl)c1ncc[nH]1. The normalized spacial score (nSPS) is 13.4. The fourth-order valence-corrected chi connectivity index (χ4v) is 3.33. The number of halogens is 1. The van der Waals surface area contributed by atoms with Gasteiger partial charge in [-0.15, -0.1) is 0 Å². The zero-order valence-corrected chi connectivity index (χ0v) is 11.7. The molecule has 2 rings (SSSR count). The predicted octanol–water partition coefficient (Wildman–Crippen LogP) is 1.89. The van der Waals surface area contributed by atoms with Crippen molar-refractivity contribution in [3.05, 3.63) is 41.7 Å². The van der Waals surface area contributed by atoms with Crippen molar-refractivity contribution in [1.29, 1.82) is 0 Å². The maximum atomic E-state index is 12.2. The Balaban J connectivity index is 2.29. The van der Waals surface area contributed by atoms with Gasteiger partial charge in [0.05, 0.1) is 11.1 Å². The molecule has 19 heavy (non-hydrogen) atoms. The Labute approximate surface area is 116 Å². The van der Waals surface area contributed by atoms with E-state index in [1.807, 2.05) is 6.92 Å². The molecule has 0 fully saturated rings. The molecular weight excluding hydrogens is 288 g/mol. The van der Waals surface area contributed by atoms with Crippen molar-refractivity contribution in [2.75, 3.05) is 0 Å². The van der Waals surface area contributed by atoms with Crippen molar-refractivity contribution in [2.45, 2.75) is 24.3 Å². The van der Waals surface area contributed by atoms with Crippen molar-refractivity contribution in [3.8, 4) is 0 Å². The molecule has 8 heteroatoms. The molecule has 102 valence electrons. The van der Waals surface area contributed by atoms with Crippen molar-refractivity contribution < 1.29 is 8.42 Å². The summed E-state index contributed by atoms with van der Waals surface area (Å²) in [6.07, 6.45) is 6.43. The van der Waals surface area contributed by atoms with Crippen LogP contribution < -0.4 is 4.72 Å². The lowest BCUT2D eigenvalue weighted by Crippen LogP contribution is -2.29. The topological polar surface area (TPSA) is 87.7 Å². The van der Waals surface area contributed by atoms with Crippen LogP contribution >= 0.6 is 11.6 Å². The number of pyridine rings is 1. The molecule has 0 saturated carbocycles. The second-order valence-electron chi connectivity index (χ2n) is 3.86. The summed E-state index contributed by atoms with van der Waals surface area (Å²) >= 11 is 5.88. The summed E-state index contributed by atoms with van der Waals surface area (Å²) in [6, 6.07) is 1.00. The largest absolute Gasteiger partial charge is 0.347 e. The molecule has 0 bridgehead atoms. The van der Waals surface area contributed by atoms with Gasteiger partial charge in [0.15, 0.2) is 0 Å². The molecule has 2 N–H and O–H groups in total. The van der Waals surface area contributed by atoms with Crippen molar-refractivity contribution in [3.63, 3.8) is 0 Å². The Morgan fingerprint density at radius 3 is 2.84 bits per heavy atom. The molecule has 2 aromatic rings. The minimum Gasteiger partial charge on any atom is -0.347 e. The van der Waals surface area contributed by atoms with Gasteiger partial charge >= 0.3 is 0 Å². The van der Waals surface area contributed by atoms with Crippen LogP contribution in [0.1, 0.15) is 25.2 Å². The number of imidazole rings is 1. The predicted molar refractivity (Wildman–Crippen MR) is 71.2 cm³/mol. The fourth-order valence-electron chi connectivity index (χ4n) is 1.61. The number of nitrogens with one attached hydrogen (secondary N) is 2. The van der Waals surface area contributed by atoms with Crippen molar-refractivity contribution in [2.24, 2.45) is 0 Å². The number of nitrogens with zero attached hydrogens (tertiary/aromatic N) is 2. The van der Waals surface area contributed by atoms with Crippen LogP contribution in [-0.2, 0) is 10.0 Å². The van der Waals surface area contributed by atoms with Gasteiger partial charge in [-0.05, 0) is 12.5 Å². The first-order valence-electron chi connectivity index (χ1n) is 5.65. The van der Waals surface area contributed by atoms with Gasteiger partial charge in [-0.25, -0.2) is 18.1 Å². The standard InChI is InChI=1S/C11H13ClN4O2S/c1-2-9(11-14-5-6-15-11)16-19(17,18)10-7-13-4-3-8(10)12/h3-7,9,16H,2H2,1H3,(H,14,15). The second-order valence-corrected chi connectivity index (χ2v) is 5.95. The highest BCUT2D eigenvalue weighted by atomic mass is 35.5. The zero-order valence-electron chi connectivity index (χ0n) is 10.2. The van der Waals surface area contributed by atoms with E-state index in [4.69, 9.17) is 11.6 Å². The van der Waals surface area contributed by atoms with E-state index < -0.39 is 16.1 Å². The van der Waals surface area contributed by atoms with E-state index in [1.165, 1.54) is 18.5 Å². The van der Waals surface area contributed by atoms with Crippen LogP contribution in [0.3, 0.4) is 0 Å². The van der Waals surface area contributed by atoms with Gasteiger partial charge in [0.2, 0.25) is 10.0 Å². The molecule has 0 aliphatic carbocycles. The Bertz CT molecular complexity index is 642. The van der Waals surface area contributed by atoms with Crippen LogP contribution in [0.5, 0.6) is 0 Å². The van der Waals surface area contributed by atoms with Gasteiger partial charge < -0.3 is 4.98 Å². The minimum atomic E-state index is -3.73. The van der Waals surface area contributed by atoms with E-state index in [-0.39, 0.29) is 9.92 Å². The maximum absolute atomic E-state index is 12.2. The minimum absolute atomic E-state index is 0.0401. The molecule has 1 atom stereocenters. The number of hydrogen-bond donors (Lipinski definition) is 2. The number of sulfonamides is 1. The van der Waals surface area contributed by atoms with Gasteiger partial charge in [-0.3, -0.25) is 4.98 Å². The smallest absolute Gasteiger partial charge is 0.244 e. The van der Waals surface area contributed by atoms with Crippen LogP contribution in [0.4, 0.5) is 0 Å². The molecule has 2 aromatic heterocycles. The average Bonchev–Trinajstić information content (AvgIpc) is 2.90. The van der Waals surface area contributed by atoms with E-state index >= 15 is 0 Å². The molecule has 0 aliphatic rings. The molecule has 6 nitrogen and oxygen atoms in total. The van der Waals surface area contributed by atoms with Crippen LogP contribution in [0.25, 0.3) is 0 Å². The molecule has 0 radical (unpaired) electrons. The van der Waals surface area contributed by atoms with Gasteiger partial charge in [0, 0.05) is 24.8 Å². The number of aromatic amines is 1. The number of rotatable bonds is 5. The lowest BCUT2D eigenvalue weighted by atomic mass is 10.2. The van der Waals surface area contributed by atoms with E-state index in [0.717, 1.165) is 0 Å². The summed E-state index contributed by atoms with van der Waals surface area (Å²) < 4.78 is 27.0. The highest BCUT2D eigenvalue weighted by Gasteiger charge is 2.23. The lowest BCUT2D eigenvalue weighted by Gasteiger charge is -2.15. The highest BCUT2D eigenvalue weighted by Crippen LogP contribution is 2.22. The Morgan fingerprint density at radius 2 is 2.26 bits per heavy atom. The Kier molecular flexibility index (Phi) is 4.18. The first-order valence-corrected chi connectivity index (χ1v) is 7.52. The Hall–Kier alpha value is -1.44. The van der Waals surface area contributed by atoms with Crippen LogP contribution in [0, 0.1) is 0 Å². The third-order valence-corrected chi connectivity index (χ3v) is 4.52. The van der Waals surface area contributed by atoms with E-state index in [1.54, 1.807) is 12.4 Å². The van der Waals surface area contributed by atoms with Gasteiger partial charge in [-0.1, -0.05) is 18.5 Å². The molecule has 1 unspecified atom stereocenters. The Morgan fingerprint density at radius 1 is 1.47 bits per heavy atom. The number of H-pyrrole nitrogens is 1. The fraction of sp³-hybridized carbons (Fsp3) is 0.273. The molecule has 0 saturated heterocycles. The van der Waals surface area contributed by atoms with E-state index in [2.05, 4.69) is 19.7 Å². The maximum Gasteiger partial charge on any atom is 0.244 e. The number of aromatic nitrogens is 3. The summed E-state index contributed by atoms with van der Waals surface area (Å²) in [5, 5.41) is 0.136. The monoisotopic (exact) mass is 300 g/mol. The van der Waals surface area contributed by atoms with Crippen LogP contribution in [0.15, 0.2) is 35.7 Å². The van der Waals surface area contributed by atoms with Gasteiger partial charge in [0.1, 0.15) is 10.7 Å². The summed E-state index contributed by atoms with van der Waals surface area (Å²) in [7, 11) is -3.73. The van der Waals surface area contributed by atoms with Crippen LogP contribution in [-0.4, -0.2) is 23.4 Å². The van der Waals surface area contributed by atoms with Gasteiger partial charge in [0.25, 0.3) is 0 Å². The summed E-state index contributed by atoms with van der Waals surface area (Å²) in [5.74, 6) is 0.561. The van der Waals surface area contributed by atoms with Crippen LogP contribution in [0.2, 0.25) is 5.02 Å². The lowest BCUT2D eigenvalue weighted by molar-refractivity contribution is 0.539. The third-order valence-electron chi connectivity index (χ3n) is 2.58. The van der Waals surface area contributed by atoms with Crippen molar-refractivity contribution >= 4 is 21.6 Å². The molecule has 0 aromatic carbocycles. The first-order chi connectivity index (χ1) is 9.04. The summed E-state index contributed by atoms with van der Waals surface area (Å²) in [5.41, 5.74) is 0. The zero-order chi connectivity index (χ0) is 13.9. The van der Waals surface area contributed by atoms with E-state index in [0.29, 0.717) is 12.2 Å². The second kappa shape index (κ2) is 5.68. The summed E-state index contributed by atoms with van der Waals surface area (Å²) in [4.78, 5) is 10.7. The molecule has 0 aliphatic heterocycles. The third kappa shape index (κ3) is 3.12. The summed E-state index contributed by atoms with van der Waals surface area (Å²) in [6.45, 7) is 1.86. The molecular formula is C11H13ClN4O2S. The number of hydrogen-bond acceptors (Lipinski definition) is 4. The van der Waals surface area contributed by atoms with Crippen molar-refractivity contribution in [1.82, 2.24) is 19.7 Å².